The molecular formula is C20H14N4O4S. The highest BCUT2D eigenvalue weighted by molar-refractivity contribution is 7.99. The second-order valence-corrected chi connectivity index (χ2v) is 7.17. The Morgan fingerprint density at radius 1 is 1.10 bits per heavy atom. The van der Waals surface area contributed by atoms with Gasteiger partial charge in [0.1, 0.15) is 12.1 Å². The number of hydrogen-bond acceptors (Lipinski definition) is 7. The van der Waals surface area contributed by atoms with E-state index in [0.717, 1.165) is 22.5 Å². The molecule has 1 heterocycles. The van der Waals surface area contributed by atoms with Gasteiger partial charge in [-0.25, -0.2) is 4.79 Å². The number of carbonyl (C=O) groups excluding carboxylic acids is 1. The molecule has 0 saturated heterocycles. The van der Waals surface area contributed by atoms with Crippen LogP contribution in [0.2, 0.25) is 0 Å². The van der Waals surface area contributed by atoms with Crippen molar-refractivity contribution in [1.82, 2.24) is 14.8 Å². The molecule has 29 heavy (non-hydrogen) atoms. The van der Waals surface area contributed by atoms with E-state index in [1.807, 2.05) is 30.3 Å². The maximum atomic E-state index is 12.5. The van der Waals surface area contributed by atoms with Gasteiger partial charge in [0.25, 0.3) is 5.69 Å². The first-order valence-corrected chi connectivity index (χ1v) is 9.34. The normalized spacial score (nSPS) is 10.8. The Morgan fingerprint density at radius 2 is 1.90 bits per heavy atom. The Labute approximate surface area is 169 Å². The third-order valence-corrected chi connectivity index (χ3v) is 5.31. The molecule has 3 aromatic carbocycles. The molecule has 0 saturated carbocycles. The summed E-state index contributed by atoms with van der Waals surface area (Å²) >= 11 is 1.10. The summed E-state index contributed by atoms with van der Waals surface area (Å²) in [5.74, 6) is -0.299. The van der Waals surface area contributed by atoms with Crippen LogP contribution in [0.3, 0.4) is 0 Å². The second-order valence-electron chi connectivity index (χ2n) is 6.16. The van der Waals surface area contributed by atoms with Gasteiger partial charge in [-0.15, -0.1) is 10.2 Å². The number of nitrogens with zero attached hydrogens (tertiary/aromatic N) is 4. The van der Waals surface area contributed by atoms with Crippen molar-refractivity contribution in [2.45, 2.75) is 10.1 Å². The van der Waals surface area contributed by atoms with E-state index >= 15 is 0 Å². The lowest BCUT2D eigenvalue weighted by Crippen LogP contribution is -2.09. The summed E-state index contributed by atoms with van der Waals surface area (Å²) in [4.78, 5) is 23.9. The molecule has 0 atom stereocenters. The van der Waals surface area contributed by atoms with Gasteiger partial charge in [0, 0.05) is 13.1 Å². The molecule has 9 heteroatoms. The lowest BCUT2D eigenvalue weighted by molar-refractivity contribution is -0.387. The molecule has 1 aromatic heterocycles. The predicted octanol–water partition coefficient (Wildman–Crippen LogP) is 4.25. The molecule has 4 rings (SSSR count). The lowest BCUT2D eigenvalue weighted by atomic mass is 10.1. The fraction of sp³-hybridized carbons (Fsp3) is 0.0500. The summed E-state index contributed by atoms with van der Waals surface area (Å²) in [7, 11) is 1.74. The molecule has 8 nitrogen and oxygen atoms in total. The van der Waals surface area contributed by atoms with E-state index in [2.05, 4.69) is 10.2 Å². The molecule has 0 aliphatic heterocycles. The standard InChI is InChI=1S/C20H14N4O4S/c1-23-12-21-22-20(23)29-18-9-7-15(11-17(18)24(26)27)19(25)28-16-8-6-13-4-2-3-5-14(13)10-16/h2-12H,1H3. The van der Waals surface area contributed by atoms with Gasteiger partial charge >= 0.3 is 5.97 Å². The van der Waals surface area contributed by atoms with Crippen LogP contribution in [0.15, 0.2) is 77.0 Å². The van der Waals surface area contributed by atoms with E-state index in [9.17, 15) is 14.9 Å². The first-order chi connectivity index (χ1) is 14.0. The second kappa shape index (κ2) is 7.72. The van der Waals surface area contributed by atoms with Crippen LogP contribution in [-0.4, -0.2) is 25.7 Å². The largest absolute Gasteiger partial charge is 0.423 e. The minimum absolute atomic E-state index is 0.0900. The van der Waals surface area contributed by atoms with Crippen LogP contribution >= 0.6 is 11.8 Å². The highest BCUT2D eigenvalue weighted by Crippen LogP contribution is 2.34. The first kappa shape index (κ1) is 18.6. The summed E-state index contributed by atoms with van der Waals surface area (Å²) in [5.41, 5.74) is -0.113. The highest BCUT2D eigenvalue weighted by atomic mass is 32.2. The third-order valence-electron chi connectivity index (χ3n) is 4.19. The van der Waals surface area contributed by atoms with Crippen LogP contribution in [0.1, 0.15) is 10.4 Å². The Hall–Kier alpha value is -3.72. The Bertz CT molecular complexity index is 1240. The zero-order valence-corrected chi connectivity index (χ0v) is 16.0. The molecule has 0 unspecified atom stereocenters. The van der Waals surface area contributed by atoms with Crippen molar-refractivity contribution >= 4 is 34.2 Å². The van der Waals surface area contributed by atoms with E-state index in [0.29, 0.717) is 15.8 Å². The lowest BCUT2D eigenvalue weighted by Gasteiger charge is -2.07. The zero-order valence-electron chi connectivity index (χ0n) is 15.2. The van der Waals surface area contributed by atoms with Crippen molar-refractivity contribution in [2.75, 3.05) is 0 Å². The van der Waals surface area contributed by atoms with Crippen molar-refractivity contribution < 1.29 is 14.5 Å². The molecule has 0 radical (unpaired) electrons. The quantitative estimate of drug-likeness (QED) is 0.211. The molecule has 4 aromatic rings. The molecule has 0 fully saturated rings. The van der Waals surface area contributed by atoms with Gasteiger partial charge < -0.3 is 9.30 Å². The molecule has 0 bridgehead atoms. The van der Waals surface area contributed by atoms with Crippen molar-refractivity contribution in [3.05, 3.63) is 82.7 Å². The van der Waals surface area contributed by atoms with Gasteiger partial charge in [-0.3, -0.25) is 10.1 Å². The van der Waals surface area contributed by atoms with Crippen molar-refractivity contribution in [3.63, 3.8) is 0 Å². The first-order valence-electron chi connectivity index (χ1n) is 8.52. The number of nitro groups is 1. The fourth-order valence-electron chi connectivity index (χ4n) is 2.73. The fourth-order valence-corrected chi connectivity index (χ4v) is 3.58. The molecule has 0 spiro atoms. The molecule has 0 aliphatic rings. The summed E-state index contributed by atoms with van der Waals surface area (Å²) in [6, 6.07) is 17.2. The highest BCUT2D eigenvalue weighted by Gasteiger charge is 2.21. The van der Waals surface area contributed by atoms with Crippen molar-refractivity contribution in [2.24, 2.45) is 7.05 Å². The SMILES string of the molecule is Cn1cnnc1Sc1ccc(C(=O)Oc2ccc3ccccc3c2)cc1[N+](=O)[O-]. The van der Waals surface area contributed by atoms with E-state index < -0.39 is 10.9 Å². The van der Waals surface area contributed by atoms with E-state index in [1.54, 1.807) is 23.7 Å². The minimum Gasteiger partial charge on any atom is -0.423 e. The summed E-state index contributed by atoms with van der Waals surface area (Å²) in [6.07, 6.45) is 1.50. The van der Waals surface area contributed by atoms with Crippen LogP contribution in [0.5, 0.6) is 5.75 Å². The van der Waals surface area contributed by atoms with Gasteiger partial charge in [0.05, 0.1) is 15.4 Å². The van der Waals surface area contributed by atoms with E-state index in [-0.39, 0.29) is 11.3 Å². The van der Waals surface area contributed by atoms with Crippen LogP contribution in [-0.2, 0) is 7.05 Å². The van der Waals surface area contributed by atoms with Crippen LogP contribution in [0.25, 0.3) is 10.8 Å². The zero-order chi connectivity index (χ0) is 20.4. The van der Waals surface area contributed by atoms with Crippen molar-refractivity contribution in [3.8, 4) is 5.75 Å². The number of esters is 1. The monoisotopic (exact) mass is 406 g/mol. The average molecular weight is 406 g/mol. The number of nitro benzene ring substituents is 1. The maximum Gasteiger partial charge on any atom is 0.343 e. The number of aromatic nitrogens is 3. The van der Waals surface area contributed by atoms with Gasteiger partial charge in [0.2, 0.25) is 0 Å². The van der Waals surface area contributed by atoms with Crippen molar-refractivity contribution in [1.29, 1.82) is 0 Å². The van der Waals surface area contributed by atoms with Gasteiger partial charge in [-0.05, 0) is 46.8 Å². The summed E-state index contributed by atoms with van der Waals surface area (Å²) in [5, 5.41) is 21.6. The number of carbonyl (C=O) groups is 1. The Kier molecular flexibility index (Phi) is 4.96. The number of aryl methyl sites for hydroxylation is 1. The predicted molar refractivity (Wildman–Crippen MR) is 107 cm³/mol. The van der Waals surface area contributed by atoms with E-state index in [4.69, 9.17) is 4.74 Å². The Morgan fingerprint density at radius 3 is 2.62 bits per heavy atom. The number of hydrogen-bond donors (Lipinski definition) is 0. The van der Waals surface area contributed by atoms with E-state index in [1.165, 1.54) is 24.5 Å². The molecule has 144 valence electrons. The molecule has 0 N–H and O–H groups in total. The minimum atomic E-state index is -0.668. The van der Waals surface area contributed by atoms with Gasteiger partial charge in [-0.1, -0.05) is 30.3 Å². The molecular weight excluding hydrogens is 392 g/mol. The number of ether oxygens (including phenoxy) is 1. The average Bonchev–Trinajstić information content (AvgIpc) is 3.12. The maximum absolute atomic E-state index is 12.5. The number of fused-ring (bicyclic) bond motifs is 1. The smallest absolute Gasteiger partial charge is 0.343 e. The summed E-state index contributed by atoms with van der Waals surface area (Å²) < 4.78 is 7.06. The van der Waals surface area contributed by atoms with Crippen LogP contribution in [0, 0.1) is 10.1 Å². The van der Waals surface area contributed by atoms with Crippen LogP contribution < -0.4 is 4.74 Å². The topological polar surface area (TPSA) is 100 Å². The summed E-state index contributed by atoms with van der Waals surface area (Å²) in [6.45, 7) is 0. The third kappa shape index (κ3) is 3.94. The number of benzene rings is 3. The van der Waals surface area contributed by atoms with Crippen LogP contribution in [0.4, 0.5) is 5.69 Å². The Balaban J connectivity index is 1.60. The van der Waals surface area contributed by atoms with Gasteiger partial charge in [-0.2, -0.15) is 0 Å². The molecule has 0 amide bonds. The molecule has 0 aliphatic carbocycles. The van der Waals surface area contributed by atoms with Gasteiger partial charge in [0.15, 0.2) is 5.16 Å². The number of rotatable bonds is 5.